The summed E-state index contributed by atoms with van der Waals surface area (Å²) in [5.41, 5.74) is 2.53. The molecule has 0 saturated heterocycles. The van der Waals surface area contributed by atoms with Gasteiger partial charge >= 0.3 is 0 Å². The lowest BCUT2D eigenvalue weighted by molar-refractivity contribution is 1.07. The van der Waals surface area contributed by atoms with Crippen molar-refractivity contribution in [2.24, 2.45) is 0 Å². The SMILES string of the molecule is [B]C(C)c1ccc(C/C=C\C)cc1. The van der Waals surface area contributed by atoms with E-state index >= 15 is 0 Å². The molecular weight excluding hydrogens is 155 g/mol. The minimum atomic E-state index is 0.135. The van der Waals surface area contributed by atoms with E-state index in [1.165, 1.54) is 11.1 Å². The predicted octanol–water partition coefficient (Wildman–Crippen LogP) is 3.03. The number of hydrogen-bond acceptors (Lipinski definition) is 0. The van der Waals surface area contributed by atoms with E-state index in [1.54, 1.807) is 0 Å². The van der Waals surface area contributed by atoms with Crippen molar-refractivity contribution >= 4 is 7.85 Å². The van der Waals surface area contributed by atoms with Crippen LogP contribution >= 0.6 is 0 Å². The molecule has 1 atom stereocenters. The molecule has 0 N–H and O–H groups in total. The number of hydrogen-bond donors (Lipinski definition) is 0. The van der Waals surface area contributed by atoms with E-state index < -0.39 is 0 Å². The van der Waals surface area contributed by atoms with Crippen LogP contribution in [-0.4, -0.2) is 7.85 Å². The van der Waals surface area contributed by atoms with Gasteiger partial charge in [0, 0.05) is 0 Å². The highest BCUT2D eigenvalue weighted by Crippen LogP contribution is 2.12. The van der Waals surface area contributed by atoms with Gasteiger partial charge in [0.15, 0.2) is 0 Å². The molecule has 0 bridgehead atoms. The fraction of sp³-hybridized carbons (Fsp3) is 0.333. The van der Waals surface area contributed by atoms with E-state index in [9.17, 15) is 0 Å². The lowest BCUT2D eigenvalue weighted by atomic mass is 9.83. The molecule has 1 unspecified atom stereocenters. The molecule has 0 spiro atoms. The molecule has 0 aliphatic carbocycles. The van der Waals surface area contributed by atoms with Crippen molar-refractivity contribution in [3.63, 3.8) is 0 Å². The minimum Gasteiger partial charge on any atom is -0.0913 e. The molecule has 0 aliphatic heterocycles. The van der Waals surface area contributed by atoms with Gasteiger partial charge in [0.05, 0.1) is 7.85 Å². The number of allylic oxidation sites excluding steroid dienone is 2. The first-order chi connectivity index (χ1) is 6.24. The Balaban J connectivity index is 2.69. The number of rotatable bonds is 3. The quantitative estimate of drug-likeness (QED) is 0.483. The van der Waals surface area contributed by atoms with E-state index in [1.807, 2.05) is 13.8 Å². The molecule has 1 aromatic carbocycles. The smallest absolute Gasteiger partial charge is 0.0759 e. The Morgan fingerprint density at radius 1 is 1.31 bits per heavy atom. The van der Waals surface area contributed by atoms with Crippen LogP contribution in [0.15, 0.2) is 36.4 Å². The second-order valence-corrected chi connectivity index (χ2v) is 3.30. The van der Waals surface area contributed by atoms with Gasteiger partial charge in [-0.15, -0.1) is 0 Å². The molecule has 0 aromatic heterocycles. The van der Waals surface area contributed by atoms with Crippen molar-refractivity contribution in [1.29, 1.82) is 0 Å². The van der Waals surface area contributed by atoms with Crippen LogP contribution in [0, 0.1) is 0 Å². The van der Waals surface area contributed by atoms with Crippen LogP contribution in [0.25, 0.3) is 0 Å². The van der Waals surface area contributed by atoms with Gasteiger partial charge in [-0.05, 0) is 18.9 Å². The Kier molecular flexibility index (Phi) is 3.82. The topological polar surface area (TPSA) is 0 Å². The van der Waals surface area contributed by atoms with Crippen LogP contribution in [0.1, 0.15) is 30.8 Å². The molecule has 0 fully saturated rings. The van der Waals surface area contributed by atoms with Crippen LogP contribution in [0.5, 0.6) is 0 Å². The van der Waals surface area contributed by atoms with Gasteiger partial charge in [-0.3, -0.25) is 0 Å². The first-order valence-electron chi connectivity index (χ1n) is 4.69. The molecule has 0 amide bonds. The summed E-state index contributed by atoms with van der Waals surface area (Å²) >= 11 is 0. The zero-order chi connectivity index (χ0) is 9.68. The Bertz CT molecular complexity index is 270. The highest BCUT2D eigenvalue weighted by atomic mass is 14.0. The van der Waals surface area contributed by atoms with Crippen molar-refractivity contribution in [2.45, 2.75) is 26.1 Å². The predicted molar refractivity (Wildman–Crippen MR) is 59.1 cm³/mol. The lowest BCUT2D eigenvalue weighted by Crippen LogP contribution is -1.91. The maximum absolute atomic E-state index is 5.75. The molecule has 0 aliphatic rings. The van der Waals surface area contributed by atoms with Crippen molar-refractivity contribution < 1.29 is 0 Å². The molecule has 0 saturated carbocycles. The summed E-state index contributed by atoms with van der Waals surface area (Å²) in [6.07, 6.45) is 5.23. The van der Waals surface area contributed by atoms with Crippen LogP contribution in [0.2, 0.25) is 0 Å². The molecule has 2 radical (unpaired) electrons. The molecule has 1 aromatic rings. The zero-order valence-electron chi connectivity index (χ0n) is 8.33. The van der Waals surface area contributed by atoms with Crippen LogP contribution in [0.4, 0.5) is 0 Å². The van der Waals surface area contributed by atoms with Crippen LogP contribution in [0.3, 0.4) is 0 Å². The molecule has 13 heavy (non-hydrogen) atoms. The van der Waals surface area contributed by atoms with E-state index in [0.29, 0.717) is 0 Å². The fourth-order valence-corrected chi connectivity index (χ4v) is 1.21. The summed E-state index contributed by atoms with van der Waals surface area (Å²) < 4.78 is 0. The van der Waals surface area contributed by atoms with Crippen molar-refractivity contribution in [1.82, 2.24) is 0 Å². The monoisotopic (exact) mass is 170 g/mol. The maximum atomic E-state index is 5.75. The second kappa shape index (κ2) is 4.91. The van der Waals surface area contributed by atoms with Gasteiger partial charge in [-0.2, -0.15) is 0 Å². The Labute approximate surface area is 82.1 Å². The van der Waals surface area contributed by atoms with Gasteiger partial charge in [0.2, 0.25) is 0 Å². The average molecular weight is 170 g/mol. The highest BCUT2D eigenvalue weighted by Gasteiger charge is 1.97. The van der Waals surface area contributed by atoms with Gasteiger partial charge in [-0.1, -0.05) is 54.7 Å². The van der Waals surface area contributed by atoms with Gasteiger partial charge in [-0.25, -0.2) is 0 Å². The van der Waals surface area contributed by atoms with Gasteiger partial charge < -0.3 is 0 Å². The summed E-state index contributed by atoms with van der Waals surface area (Å²) in [5, 5.41) is 0. The first kappa shape index (κ1) is 10.1. The molecule has 0 heterocycles. The second-order valence-electron chi connectivity index (χ2n) is 3.30. The normalized spacial score (nSPS) is 13.4. The van der Waals surface area contributed by atoms with Crippen molar-refractivity contribution in [2.75, 3.05) is 0 Å². The largest absolute Gasteiger partial charge is 0.0913 e. The molecule has 1 heteroatoms. The minimum absolute atomic E-state index is 0.135. The van der Waals surface area contributed by atoms with Gasteiger partial charge in [0.1, 0.15) is 0 Å². The van der Waals surface area contributed by atoms with Crippen molar-refractivity contribution in [3.8, 4) is 0 Å². The summed E-state index contributed by atoms with van der Waals surface area (Å²) in [7, 11) is 5.75. The lowest BCUT2D eigenvalue weighted by Gasteiger charge is -2.05. The molecule has 66 valence electrons. The average Bonchev–Trinajstić information content (AvgIpc) is 2.15. The highest BCUT2D eigenvalue weighted by molar-refractivity contribution is 6.12. The fourth-order valence-electron chi connectivity index (χ4n) is 1.21. The van der Waals surface area contributed by atoms with Crippen LogP contribution < -0.4 is 0 Å². The third-order valence-corrected chi connectivity index (χ3v) is 2.09. The summed E-state index contributed by atoms with van der Waals surface area (Å²) in [5.74, 6) is 0.135. The summed E-state index contributed by atoms with van der Waals surface area (Å²) in [4.78, 5) is 0. The number of benzene rings is 1. The van der Waals surface area contributed by atoms with E-state index in [2.05, 4.69) is 36.4 Å². The summed E-state index contributed by atoms with van der Waals surface area (Å²) in [6, 6.07) is 8.48. The van der Waals surface area contributed by atoms with Gasteiger partial charge in [0.25, 0.3) is 0 Å². The Morgan fingerprint density at radius 2 is 1.92 bits per heavy atom. The zero-order valence-corrected chi connectivity index (χ0v) is 8.33. The Morgan fingerprint density at radius 3 is 2.38 bits per heavy atom. The first-order valence-corrected chi connectivity index (χ1v) is 4.69. The third-order valence-electron chi connectivity index (χ3n) is 2.09. The Hall–Kier alpha value is -0.975. The maximum Gasteiger partial charge on any atom is 0.0759 e. The molecule has 0 nitrogen and oxygen atoms in total. The van der Waals surface area contributed by atoms with Crippen molar-refractivity contribution in [3.05, 3.63) is 47.5 Å². The molecular formula is C12H15B. The van der Waals surface area contributed by atoms with Crippen LogP contribution in [-0.2, 0) is 6.42 Å². The summed E-state index contributed by atoms with van der Waals surface area (Å²) in [6.45, 7) is 4.04. The molecule has 1 rings (SSSR count). The third kappa shape index (κ3) is 3.10. The standard InChI is InChI=1S/C12H15B/c1-3-4-5-11-6-8-12(9-7-11)10(2)13/h3-4,6-10H,5H2,1-2H3/b4-3-. The van der Waals surface area contributed by atoms with E-state index in [4.69, 9.17) is 7.85 Å². The van der Waals surface area contributed by atoms with E-state index in [0.717, 1.165) is 6.42 Å². The van der Waals surface area contributed by atoms with E-state index in [-0.39, 0.29) is 5.82 Å².